The zero-order valence-electron chi connectivity index (χ0n) is 14.0. The van der Waals surface area contributed by atoms with Gasteiger partial charge in [0.25, 0.3) is 5.56 Å². The third kappa shape index (κ3) is 2.99. The topological polar surface area (TPSA) is 47.8 Å². The number of benzene rings is 1. The van der Waals surface area contributed by atoms with Gasteiger partial charge in [0.1, 0.15) is 0 Å². The van der Waals surface area contributed by atoms with Crippen molar-refractivity contribution in [3.63, 3.8) is 0 Å². The van der Waals surface area contributed by atoms with E-state index in [0.29, 0.717) is 17.8 Å². The first-order valence-electron chi connectivity index (χ1n) is 7.82. The summed E-state index contributed by atoms with van der Waals surface area (Å²) in [5.74, 6) is 0. The lowest BCUT2D eigenvalue weighted by atomic mass is 10.00. The van der Waals surface area contributed by atoms with E-state index in [0.717, 1.165) is 21.8 Å². The van der Waals surface area contributed by atoms with E-state index in [1.54, 1.807) is 17.0 Å². The number of aromatic nitrogens is 3. The number of pyridine rings is 1. The average molecular weight is 337 g/mol. The summed E-state index contributed by atoms with van der Waals surface area (Å²) in [5.41, 5.74) is 4.29. The molecule has 2 aromatic heterocycles. The van der Waals surface area contributed by atoms with Crippen LogP contribution in [0.25, 0.3) is 22.4 Å². The minimum Gasteiger partial charge on any atom is -0.287 e. The largest absolute Gasteiger partial charge is 0.287 e. The van der Waals surface area contributed by atoms with Crippen molar-refractivity contribution in [2.45, 2.75) is 25.5 Å². The molecule has 0 bridgehead atoms. The Labute approximate surface area is 145 Å². The molecule has 0 aliphatic heterocycles. The van der Waals surface area contributed by atoms with Gasteiger partial charge in [-0.3, -0.25) is 14.3 Å². The molecule has 1 aromatic carbocycles. The third-order valence-corrected chi connectivity index (χ3v) is 4.60. The number of hydrogen-bond donors (Lipinski definition) is 0. The highest BCUT2D eigenvalue weighted by Crippen LogP contribution is 2.29. The Morgan fingerprint density at radius 3 is 2.29 bits per heavy atom. The van der Waals surface area contributed by atoms with Gasteiger partial charge in [0, 0.05) is 24.5 Å². The lowest BCUT2D eigenvalue weighted by Crippen LogP contribution is -2.25. The molecule has 24 heavy (non-hydrogen) atoms. The van der Waals surface area contributed by atoms with Crippen molar-refractivity contribution >= 4 is 11.8 Å². The van der Waals surface area contributed by atoms with Crippen LogP contribution in [-0.4, -0.2) is 20.8 Å². The Bertz CT molecular complexity index is 902. The standard InChI is InChI=1S/C19H19N3OS/c1-4-22-18(23)16(14-7-5-13(2)6-8-14)17(21-19(22)24-3)15-9-11-20-12-10-15/h5-12H,4H2,1-3H3. The monoisotopic (exact) mass is 337 g/mol. The molecule has 122 valence electrons. The predicted octanol–water partition coefficient (Wildman–Crippen LogP) is 4.02. The van der Waals surface area contributed by atoms with Crippen molar-refractivity contribution in [3.8, 4) is 22.4 Å². The fourth-order valence-corrected chi connectivity index (χ4v) is 3.28. The fraction of sp³-hybridized carbons (Fsp3) is 0.211. The molecule has 0 radical (unpaired) electrons. The highest BCUT2D eigenvalue weighted by Gasteiger charge is 2.18. The van der Waals surface area contributed by atoms with Crippen LogP contribution in [-0.2, 0) is 6.54 Å². The summed E-state index contributed by atoms with van der Waals surface area (Å²) in [4.78, 5) is 22.0. The van der Waals surface area contributed by atoms with Gasteiger partial charge in [0.15, 0.2) is 5.16 Å². The normalized spacial score (nSPS) is 10.8. The zero-order chi connectivity index (χ0) is 17.1. The molecule has 5 heteroatoms. The predicted molar refractivity (Wildman–Crippen MR) is 99.4 cm³/mol. The van der Waals surface area contributed by atoms with E-state index in [4.69, 9.17) is 4.98 Å². The zero-order valence-corrected chi connectivity index (χ0v) is 14.8. The summed E-state index contributed by atoms with van der Waals surface area (Å²) in [5, 5.41) is 0.727. The van der Waals surface area contributed by atoms with E-state index < -0.39 is 0 Å². The summed E-state index contributed by atoms with van der Waals surface area (Å²) < 4.78 is 1.73. The molecular formula is C19H19N3OS. The molecule has 0 N–H and O–H groups in total. The number of rotatable bonds is 4. The molecule has 4 nitrogen and oxygen atoms in total. The van der Waals surface area contributed by atoms with Crippen molar-refractivity contribution in [2.75, 3.05) is 6.26 Å². The van der Waals surface area contributed by atoms with Crippen LogP contribution >= 0.6 is 11.8 Å². The van der Waals surface area contributed by atoms with Crippen molar-refractivity contribution in [1.82, 2.24) is 14.5 Å². The van der Waals surface area contributed by atoms with Crippen LogP contribution in [0.15, 0.2) is 58.7 Å². The second-order valence-corrected chi connectivity index (χ2v) is 6.25. The lowest BCUT2D eigenvalue weighted by molar-refractivity contribution is 0.627. The smallest absolute Gasteiger partial charge is 0.262 e. The second kappa shape index (κ2) is 7.01. The van der Waals surface area contributed by atoms with Crippen LogP contribution in [0.2, 0.25) is 0 Å². The Kier molecular flexibility index (Phi) is 4.81. The number of thioether (sulfide) groups is 1. The van der Waals surface area contributed by atoms with E-state index in [1.807, 2.05) is 56.5 Å². The minimum atomic E-state index is -0.00693. The summed E-state index contributed by atoms with van der Waals surface area (Å²) >= 11 is 1.49. The minimum absolute atomic E-state index is 0.00693. The maximum absolute atomic E-state index is 13.2. The number of aryl methyl sites for hydroxylation is 1. The Hall–Kier alpha value is -2.40. The van der Waals surface area contributed by atoms with E-state index in [1.165, 1.54) is 11.8 Å². The highest BCUT2D eigenvalue weighted by atomic mass is 32.2. The van der Waals surface area contributed by atoms with Crippen LogP contribution in [0, 0.1) is 6.92 Å². The van der Waals surface area contributed by atoms with Gasteiger partial charge in [-0.15, -0.1) is 0 Å². The first-order chi connectivity index (χ1) is 11.7. The van der Waals surface area contributed by atoms with Crippen LogP contribution < -0.4 is 5.56 Å². The van der Waals surface area contributed by atoms with Gasteiger partial charge in [-0.2, -0.15) is 0 Å². The maximum atomic E-state index is 13.2. The summed E-state index contributed by atoms with van der Waals surface area (Å²) in [7, 11) is 0. The molecule has 0 spiro atoms. The van der Waals surface area contributed by atoms with Gasteiger partial charge in [-0.05, 0) is 37.8 Å². The van der Waals surface area contributed by atoms with Gasteiger partial charge in [-0.1, -0.05) is 41.6 Å². The molecule has 0 unspecified atom stereocenters. The molecular weight excluding hydrogens is 318 g/mol. The Morgan fingerprint density at radius 1 is 1.04 bits per heavy atom. The number of hydrogen-bond acceptors (Lipinski definition) is 4. The van der Waals surface area contributed by atoms with Gasteiger partial charge < -0.3 is 0 Å². The first kappa shape index (κ1) is 16.5. The van der Waals surface area contributed by atoms with E-state index in [2.05, 4.69) is 4.98 Å². The van der Waals surface area contributed by atoms with Crippen molar-refractivity contribution < 1.29 is 0 Å². The molecule has 0 aliphatic carbocycles. The Balaban J connectivity index is 2.36. The summed E-state index contributed by atoms with van der Waals surface area (Å²) in [6.45, 7) is 4.60. The average Bonchev–Trinajstić information content (AvgIpc) is 2.62. The summed E-state index contributed by atoms with van der Waals surface area (Å²) in [6, 6.07) is 11.8. The van der Waals surface area contributed by atoms with E-state index in [9.17, 15) is 4.79 Å². The molecule has 3 aromatic rings. The van der Waals surface area contributed by atoms with Crippen molar-refractivity contribution in [2.24, 2.45) is 0 Å². The van der Waals surface area contributed by atoms with E-state index in [-0.39, 0.29) is 5.56 Å². The molecule has 3 rings (SSSR count). The lowest BCUT2D eigenvalue weighted by Gasteiger charge is -2.15. The van der Waals surface area contributed by atoms with Crippen molar-refractivity contribution in [3.05, 3.63) is 64.7 Å². The van der Waals surface area contributed by atoms with Crippen molar-refractivity contribution in [1.29, 1.82) is 0 Å². The van der Waals surface area contributed by atoms with Crippen LogP contribution in [0.1, 0.15) is 12.5 Å². The molecule has 0 saturated heterocycles. The molecule has 2 heterocycles. The van der Waals surface area contributed by atoms with Crippen LogP contribution in [0.4, 0.5) is 0 Å². The quantitative estimate of drug-likeness (QED) is 0.533. The Morgan fingerprint density at radius 2 is 1.71 bits per heavy atom. The van der Waals surface area contributed by atoms with Gasteiger partial charge in [-0.25, -0.2) is 4.98 Å². The summed E-state index contributed by atoms with van der Waals surface area (Å²) in [6.07, 6.45) is 5.38. The van der Waals surface area contributed by atoms with Gasteiger partial charge in [0.05, 0.1) is 11.3 Å². The first-order valence-corrected chi connectivity index (χ1v) is 9.04. The van der Waals surface area contributed by atoms with Crippen LogP contribution in [0.5, 0.6) is 0 Å². The highest BCUT2D eigenvalue weighted by molar-refractivity contribution is 7.98. The third-order valence-electron chi connectivity index (χ3n) is 3.93. The second-order valence-electron chi connectivity index (χ2n) is 5.47. The SMILES string of the molecule is CCn1c(SC)nc(-c2ccncc2)c(-c2ccc(C)cc2)c1=O. The van der Waals surface area contributed by atoms with Gasteiger partial charge >= 0.3 is 0 Å². The maximum Gasteiger partial charge on any atom is 0.262 e. The molecule has 0 saturated carbocycles. The number of nitrogens with zero attached hydrogens (tertiary/aromatic N) is 3. The molecule has 0 aliphatic rings. The molecule has 0 fully saturated rings. The van der Waals surface area contributed by atoms with Gasteiger partial charge in [0.2, 0.25) is 0 Å². The fourth-order valence-electron chi connectivity index (χ4n) is 2.67. The molecule has 0 atom stereocenters. The molecule has 0 amide bonds. The van der Waals surface area contributed by atoms with E-state index >= 15 is 0 Å². The van der Waals surface area contributed by atoms with Crippen LogP contribution in [0.3, 0.4) is 0 Å².